The van der Waals surface area contributed by atoms with Gasteiger partial charge in [0.1, 0.15) is 0 Å². The van der Waals surface area contributed by atoms with E-state index in [2.05, 4.69) is 0 Å². The quantitative estimate of drug-likeness (QED) is 0.608. The predicted octanol–water partition coefficient (Wildman–Crippen LogP) is 2.15. The molecule has 15 heavy (non-hydrogen) atoms. The molecular formula is C12H17NO2. The molecule has 0 radical (unpaired) electrons. The number of anilines is 1. The molecule has 1 atom stereocenters. The minimum atomic E-state index is -0.220. The average Bonchev–Trinajstić information content (AvgIpc) is 2.21. The Balaban J connectivity index is 2.55. The van der Waals surface area contributed by atoms with Gasteiger partial charge in [0.15, 0.2) is 0 Å². The first-order valence-corrected chi connectivity index (χ1v) is 5.16. The molecule has 3 heteroatoms. The second-order valence-corrected chi connectivity index (χ2v) is 3.58. The first-order chi connectivity index (χ1) is 7.13. The Morgan fingerprint density at radius 2 is 2.13 bits per heavy atom. The molecule has 0 aromatic heterocycles. The smallest absolute Gasteiger partial charge is 0.310 e. The fraction of sp³-hybridized carbons (Fsp3) is 0.417. The van der Waals surface area contributed by atoms with E-state index < -0.39 is 0 Å². The molecular weight excluding hydrogens is 190 g/mol. The predicted molar refractivity (Wildman–Crippen MR) is 60.4 cm³/mol. The average molecular weight is 207 g/mol. The molecule has 0 unspecified atom stereocenters. The van der Waals surface area contributed by atoms with Crippen molar-refractivity contribution in [1.82, 2.24) is 0 Å². The lowest BCUT2D eigenvalue weighted by Gasteiger charge is -2.11. The van der Waals surface area contributed by atoms with Gasteiger partial charge in [-0.15, -0.1) is 0 Å². The van der Waals surface area contributed by atoms with Crippen LogP contribution in [0.5, 0.6) is 0 Å². The molecule has 0 saturated carbocycles. The van der Waals surface area contributed by atoms with Gasteiger partial charge in [-0.25, -0.2) is 0 Å². The Kier molecular flexibility index (Phi) is 4.16. The maximum Gasteiger partial charge on any atom is 0.310 e. The van der Waals surface area contributed by atoms with Gasteiger partial charge in [0, 0.05) is 5.69 Å². The second kappa shape index (κ2) is 5.39. The van der Waals surface area contributed by atoms with Crippen LogP contribution in [-0.2, 0) is 16.0 Å². The third kappa shape index (κ3) is 3.62. The van der Waals surface area contributed by atoms with E-state index in [1.807, 2.05) is 32.0 Å². The molecule has 0 aliphatic rings. The number of para-hydroxylation sites is 1. The maximum absolute atomic E-state index is 11.5. The van der Waals surface area contributed by atoms with Crippen molar-refractivity contribution in [2.75, 3.05) is 5.73 Å². The molecule has 82 valence electrons. The van der Waals surface area contributed by atoms with Crippen molar-refractivity contribution in [3.63, 3.8) is 0 Å². The van der Waals surface area contributed by atoms with Gasteiger partial charge in [0.05, 0.1) is 12.5 Å². The second-order valence-electron chi connectivity index (χ2n) is 3.58. The third-order valence-electron chi connectivity index (χ3n) is 2.30. The van der Waals surface area contributed by atoms with Gasteiger partial charge >= 0.3 is 5.97 Å². The van der Waals surface area contributed by atoms with Gasteiger partial charge in [0.25, 0.3) is 0 Å². The highest BCUT2D eigenvalue weighted by atomic mass is 16.5. The summed E-state index contributed by atoms with van der Waals surface area (Å²) in [4.78, 5) is 11.5. The van der Waals surface area contributed by atoms with Gasteiger partial charge < -0.3 is 10.5 Å². The van der Waals surface area contributed by atoms with Gasteiger partial charge in [-0.05, 0) is 25.0 Å². The molecule has 0 spiro atoms. The summed E-state index contributed by atoms with van der Waals surface area (Å²) in [5.41, 5.74) is 7.19. The Labute approximate surface area is 90.2 Å². The number of carbonyl (C=O) groups is 1. The van der Waals surface area contributed by atoms with Crippen LogP contribution in [0, 0.1) is 0 Å². The molecule has 2 N–H and O–H groups in total. The molecule has 0 bridgehead atoms. The number of hydrogen-bond acceptors (Lipinski definition) is 3. The van der Waals surface area contributed by atoms with Gasteiger partial charge in [0.2, 0.25) is 0 Å². The Morgan fingerprint density at radius 3 is 2.73 bits per heavy atom. The van der Waals surface area contributed by atoms with E-state index in [0.717, 1.165) is 12.0 Å². The highest BCUT2D eigenvalue weighted by Gasteiger charge is 2.09. The lowest BCUT2D eigenvalue weighted by molar-refractivity contribution is -0.147. The summed E-state index contributed by atoms with van der Waals surface area (Å²) in [5, 5.41) is 0. The molecule has 1 aromatic carbocycles. The Hall–Kier alpha value is -1.51. The fourth-order valence-electron chi connectivity index (χ4n) is 1.20. The van der Waals surface area contributed by atoms with E-state index in [1.54, 1.807) is 6.07 Å². The van der Waals surface area contributed by atoms with Crippen LogP contribution in [0.1, 0.15) is 25.8 Å². The molecule has 0 amide bonds. The number of carbonyl (C=O) groups excluding carboxylic acids is 1. The van der Waals surface area contributed by atoms with Crippen molar-refractivity contribution in [1.29, 1.82) is 0 Å². The van der Waals surface area contributed by atoms with Crippen molar-refractivity contribution in [3.8, 4) is 0 Å². The molecule has 0 saturated heterocycles. The van der Waals surface area contributed by atoms with Gasteiger partial charge in [-0.1, -0.05) is 25.1 Å². The van der Waals surface area contributed by atoms with Crippen LogP contribution in [0.4, 0.5) is 5.69 Å². The van der Waals surface area contributed by atoms with Crippen molar-refractivity contribution < 1.29 is 9.53 Å². The van der Waals surface area contributed by atoms with Crippen LogP contribution >= 0.6 is 0 Å². The van der Waals surface area contributed by atoms with Crippen LogP contribution < -0.4 is 5.73 Å². The minimum Gasteiger partial charge on any atom is -0.462 e. The van der Waals surface area contributed by atoms with E-state index in [-0.39, 0.29) is 18.5 Å². The van der Waals surface area contributed by atoms with E-state index in [1.165, 1.54) is 0 Å². The monoisotopic (exact) mass is 207 g/mol. The first-order valence-electron chi connectivity index (χ1n) is 5.16. The summed E-state index contributed by atoms with van der Waals surface area (Å²) in [7, 11) is 0. The summed E-state index contributed by atoms with van der Waals surface area (Å²) >= 11 is 0. The summed E-state index contributed by atoms with van der Waals surface area (Å²) in [6.07, 6.45) is 1.05. The van der Waals surface area contributed by atoms with Crippen LogP contribution in [0.2, 0.25) is 0 Å². The maximum atomic E-state index is 11.5. The largest absolute Gasteiger partial charge is 0.462 e. The molecule has 1 rings (SSSR count). The van der Waals surface area contributed by atoms with E-state index in [9.17, 15) is 4.79 Å². The summed E-state index contributed by atoms with van der Waals surface area (Å²) in [6, 6.07) is 7.33. The highest BCUT2D eigenvalue weighted by molar-refractivity contribution is 5.74. The topological polar surface area (TPSA) is 52.3 Å². The minimum absolute atomic E-state index is 0.0255. The zero-order valence-corrected chi connectivity index (χ0v) is 9.19. The van der Waals surface area contributed by atoms with Crippen molar-refractivity contribution in [3.05, 3.63) is 29.8 Å². The summed E-state index contributed by atoms with van der Waals surface area (Å²) in [6.45, 7) is 3.86. The van der Waals surface area contributed by atoms with Gasteiger partial charge in [-0.3, -0.25) is 4.79 Å². The molecule has 0 fully saturated rings. The number of esters is 1. The molecule has 0 heterocycles. The third-order valence-corrected chi connectivity index (χ3v) is 2.30. The number of ether oxygens (including phenoxy) is 1. The van der Waals surface area contributed by atoms with E-state index in [4.69, 9.17) is 10.5 Å². The van der Waals surface area contributed by atoms with E-state index in [0.29, 0.717) is 5.69 Å². The van der Waals surface area contributed by atoms with Crippen molar-refractivity contribution >= 4 is 11.7 Å². The molecule has 0 aliphatic heterocycles. The van der Waals surface area contributed by atoms with Crippen LogP contribution in [0.3, 0.4) is 0 Å². The Morgan fingerprint density at radius 1 is 1.47 bits per heavy atom. The number of nitrogens with two attached hydrogens (primary N) is 1. The molecule has 1 aromatic rings. The van der Waals surface area contributed by atoms with Gasteiger partial charge in [-0.2, -0.15) is 0 Å². The lowest BCUT2D eigenvalue weighted by atomic mass is 10.1. The first kappa shape index (κ1) is 11.6. The number of rotatable bonds is 4. The molecule has 3 nitrogen and oxygen atoms in total. The fourth-order valence-corrected chi connectivity index (χ4v) is 1.20. The van der Waals surface area contributed by atoms with Crippen molar-refractivity contribution in [2.45, 2.75) is 32.8 Å². The van der Waals surface area contributed by atoms with E-state index >= 15 is 0 Å². The molecule has 0 aliphatic carbocycles. The lowest BCUT2D eigenvalue weighted by Crippen LogP contribution is -2.16. The van der Waals surface area contributed by atoms with Crippen LogP contribution in [0.15, 0.2) is 24.3 Å². The number of hydrogen-bond donors (Lipinski definition) is 1. The Bertz CT molecular complexity index is 336. The number of benzene rings is 1. The summed E-state index contributed by atoms with van der Waals surface area (Å²) in [5.74, 6) is -0.220. The zero-order chi connectivity index (χ0) is 11.3. The standard InChI is InChI=1S/C12H17NO2/c1-3-9(2)15-12(14)8-10-6-4-5-7-11(10)13/h4-7,9H,3,8,13H2,1-2H3/t9-/m0/s1. The SMILES string of the molecule is CC[C@H](C)OC(=O)Cc1ccccc1N. The summed E-state index contributed by atoms with van der Waals surface area (Å²) < 4.78 is 5.16. The zero-order valence-electron chi connectivity index (χ0n) is 9.19. The normalized spacial score (nSPS) is 12.1. The number of nitrogen functional groups attached to an aromatic ring is 1. The van der Waals surface area contributed by atoms with Crippen LogP contribution in [0.25, 0.3) is 0 Å². The van der Waals surface area contributed by atoms with Crippen molar-refractivity contribution in [2.24, 2.45) is 0 Å². The highest BCUT2D eigenvalue weighted by Crippen LogP contribution is 2.12. The van der Waals surface area contributed by atoms with Crippen LogP contribution in [-0.4, -0.2) is 12.1 Å².